The monoisotopic (exact) mass is 371 g/mol. The molecule has 2 rings (SSSR count). The molecule has 0 spiro atoms. The maximum absolute atomic E-state index is 13.1. The fraction of sp³-hybridized carbons (Fsp3) is 0.409. The summed E-state index contributed by atoms with van der Waals surface area (Å²) in [5, 5.41) is 0. The third kappa shape index (κ3) is 4.94. The van der Waals surface area contributed by atoms with E-state index in [1.54, 1.807) is 24.1 Å². The Labute approximate surface area is 161 Å². The normalized spacial score (nSPS) is 11.6. The van der Waals surface area contributed by atoms with E-state index in [1.165, 1.54) is 0 Å². The van der Waals surface area contributed by atoms with Crippen LogP contribution in [0.3, 0.4) is 0 Å². The van der Waals surface area contributed by atoms with E-state index >= 15 is 0 Å². The molecule has 27 heavy (non-hydrogen) atoms. The van der Waals surface area contributed by atoms with E-state index in [0.717, 1.165) is 5.56 Å². The highest BCUT2D eigenvalue weighted by atomic mass is 16.5. The van der Waals surface area contributed by atoms with Gasteiger partial charge in [-0.05, 0) is 45.4 Å². The van der Waals surface area contributed by atoms with Crippen molar-refractivity contribution in [3.05, 3.63) is 53.6 Å². The molecule has 1 atom stereocenters. The summed E-state index contributed by atoms with van der Waals surface area (Å²) in [4.78, 5) is 14.8. The van der Waals surface area contributed by atoms with E-state index in [2.05, 4.69) is 0 Å². The second kappa shape index (κ2) is 9.86. The summed E-state index contributed by atoms with van der Waals surface area (Å²) in [6.07, 6.45) is 0. The third-order valence-electron chi connectivity index (χ3n) is 4.34. The molecule has 146 valence electrons. The summed E-state index contributed by atoms with van der Waals surface area (Å²) < 4.78 is 17.1. The van der Waals surface area contributed by atoms with Crippen LogP contribution in [-0.2, 0) is 0 Å². The minimum Gasteiger partial charge on any atom is -0.490 e. The lowest BCUT2D eigenvalue weighted by Crippen LogP contribution is -2.29. The fourth-order valence-electron chi connectivity index (χ4n) is 2.85. The van der Waals surface area contributed by atoms with Crippen molar-refractivity contribution in [2.75, 3.05) is 26.9 Å². The largest absolute Gasteiger partial charge is 0.490 e. The molecule has 2 aromatic carbocycles. The van der Waals surface area contributed by atoms with Gasteiger partial charge in [0.15, 0.2) is 11.5 Å². The molecule has 0 fully saturated rings. The molecule has 0 aliphatic heterocycles. The maximum atomic E-state index is 13.1. The Morgan fingerprint density at radius 2 is 1.44 bits per heavy atom. The summed E-state index contributed by atoms with van der Waals surface area (Å²) in [5.41, 5.74) is 1.59. The Bertz CT molecular complexity index is 718. The first-order valence-corrected chi connectivity index (χ1v) is 9.41. The molecule has 0 saturated carbocycles. The molecule has 0 aromatic heterocycles. The van der Waals surface area contributed by atoms with E-state index in [0.29, 0.717) is 42.6 Å². The van der Waals surface area contributed by atoms with Crippen molar-refractivity contribution >= 4 is 5.91 Å². The number of hydrogen-bond donors (Lipinski definition) is 0. The molecule has 0 bridgehead atoms. The second-order valence-electron chi connectivity index (χ2n) is 6.10. The molecule has 0 saturated heterocycles. The van der Waals surface area contributed by atoms with Crippen LogP contribution >= 0.6 is 0 Å². The van der Waals surface area contributed by atoms with Gasteiger partial charge in [-0.25, -0.2) is 0 Å². The van der Waals surface area contributed by atoms with Crippen LogP contribution < -0.4 is 14.2 Å². The van der Waals surface area contributed by atoms with Crippen molar-refractivity contribution in [3.63, 3.8) is 0 Å². The van der Waals surface area contributed by atoms with Crippen LogP contribution in [0.5, 0.6) is 17.2 Å². The van der Waals surface area contributed by atoms with Crippen LogP contribution in [0.4, 0.5) is 0 Å². The highest BCUT2D eigenvalue weighted by Gasteiger charge is 2.23. The third-order valence-corrected chi connectivity index (χ3v) is 4.34. The molecule has 5 nitrogen and oxygen atoms in total. The summed E-state index contributed by atoms with van der Waals surface area (Å²) in [6.45, 7) is 9.13. The number of hydrogen-bond acceptors (Lipinski definition) is 4. The van der Waals surface area contributed by atoms with E-state index in [9.17, 15) is 4.79 Å². The Kier molecular flexibility index (Phi) is 7.53. The molecule has 0 aliphatic carbocycles. The second-order valence-corrected chi connectivity index (χ2v) is 6.10. The van der Waals surface area contributed by atoms with Gasteiger partial charge in [-0.2, -0.15) is 0 Å². The molecule has 0 radical (unpaired) electrons. The van der Waals surface area contributed by atoms with E-state index in [4.69, 9.17) is 14.2 Å². The average Bonchev–Trinajstić information content (AvgIpc) is 2.69. The van der Waals surface area contributed by atoms with Crippen LogP contribution in [-0.4, -0.2) is 37.7 Å². The molecular weight excluding hydrogens is 342 g/mol. The zero-order valence-corrected chi connectivity index (χ0v) is 16.8. The first-order valence-electron chi connectivity index (χ1n) is 9.41. The van der Waals surface area contributed by atoms with Crippen LogP contribution in [0.2, 0.25) is 0 Å². The number of carbonyl (C=O) groups excluding carboxylic acids is 1. The zero-order valence-electron chi connectivity index (χ0n) is 16.8. The lowest BCUT2D eigenvalue weighted by Gasteiger charge is -2.26. The van der Waals surface area contributed by atoms with Gasteiger partial charge in [-0.1, -0.05) is 30.3 Å². The van der Waals surface area contributed by atoms with Gasteiger partial charge >= 0.3 is 0 Å². The van der Waals surface area contributed by atoms with Gasteiger partial charge in [-0.3, -0.25) is 4.79 Å². The molecule has 0 heterocycles. The van der Waals surface area contributed by atoms with Crippen LogP contribution in [0.25, 0.3) is 0 Å². The van der Waals surface area contributed by atoms with E-state index in [-0.39, 0.29) is 11.9 Å². The maximum Gasteiger partial charge on any atom is 0.254 e. The highest BCUT2D eigenvalue weighted by molar-refractivity contribution is 5.95. The predicted octanol–water partition coefficient (Wildman–Crippen LogP) is 4.72. The Hall–Kier alpha value is -2.69. The standard InChI is InChI=1S/C22H29NO4/c1-6-25-19-14-18(15-20(26-7-2)21(19)27-8-3)22(24)23(5)16(4)17-12-10-9-11-13-17/h9-16H,6-8H2,1-5H3. The summed E-state index contributed by atoms with van der Waals surface area (Å²) >= 11 is 0. The smallest absolute Gasteiger partial charge is 0.254 e. The number of nitrogens with zero attached hydrogens (tertiary/aromatic N) is 1. The SMILES string of the molecule is CCOc1cc(C(=O)N(C)C(C)c2ccccc2)cc(OCC)c1OCC. The van der Waals surface area contributed by atoms with Crippen LogP contribution in [0.1, 0.15) is 49.7 Å². The van der Waals surface area contributed by atoms with Gasteiger partial charge in [0.2, 0.25) is 5.75 Å². The molecule has 1 amide bonds. The van der Waals surface area contributed by atoms with Crippen molar-refractivity contribution in [2.24, 2.45) is 0 Å². The number of carbonyl (C=O) groups is 1. The average molecular weight is 371 g/mol. The molecule has 1 unspecified atom stereocenters. The van der Waals surface area contributed by atoms with Crippen LogP contribution in [0, 0.1) is 0 Å². The molecule has 0 aliphatic rings. The summed E-state index contributed by atoms with van der Waals surface area (Å²) in [6, 6.07) is 13.3. The molecule has 2 aromatic rings. The Morgan fingerprint density at radius 1 is 0.926 bits per heavy atom. The molecule has 0 N–H and O–H groups in total. The molecule has 5 heteroatoms. The van der Waals surface area contributed by atoms with Gasteiger partial charge in [0, 0.05) is 12.6 Å². The van der Waals surface area contributed by atoms with Gasteiger partial charge in [-0.15, -0.1) is 0 Å². The van der Waals surface area contributed by atoms with Crippen molar-refractivity contribution in [2.45, 2.75) is 33.7 Å². The van der Waals surface area contributed by atoms with E-state index in [1.807, 2.05) is 58.0 Å². The zero-order chi connectivity index (χ0) is 19.8. The highest BCUT2D eigenvalue weighted by Crippen LogP contribution is 2.39. The quantitative estimate of drug-likeness (QED) is 0.640. The summed E-state index contributed by atoms with van der Waals surface area (Å²) in [7, 11) is 1.80. The van der Waals surface area contributed by atoms with E-state index < -0.39 is 0 Å². The molecular formula is C22H29NO4. The minimum absolute atomic E-state index is 0.0589. The number of rotatable bonds is 9. The fourth-order valence-corrected chi connectivity index (χ4v) is 2.85. The van der Waals surface area contributed by atoms with Gasteiger partial charge in [0.25, 0.3) is 5.91 Å². The Balaban J connectivity index is 2.39. The van der Waals surface area contributed by atoms with Crippen molar-refractivity contribution in [3.8, 4) is 17.2 Å². The number of ether oxygens (including phenoxy) is 3. The van der Waals surface area contributed by atoms with Crippen LogP contribution in [0.15, 0.2) is 42.5 Å². The van der Waals surface area contributed by atoms with Crippen molar-refractivity contribution < 1.29 is 19.0 Å². The predicted molar refractivity (Wildman–Crippen MR) is 107 cm³/mol. The Morgan fingerprint density at radius 3 is 1.93 bits per heavy atom. The van der Waals surface area contributed by atoms with Gasteiger partial charge < -0.3 is 19.1 Å². The first-order chi connectivity index (χ1) is 13.0. The number of amides is 1. The topological polar surface area (TPSA) is 48.0 Å². The van der Waals surface area contributed by atoms with Gasteiger partial charge in [0.05, 0.1) is 25.9 Å². The summed E-state index contributed by atoms with van der Waals surface area (Å²) in [5.74, 6) is 1.48. The minimum atomic E-state index is -0.101. The lowest BCUT2D eigenvalue weighted by molar-refractivity contribution is 0.0741. The lowest BCUT2D eigenvalue weighted by atomic mass is 10.1. The first kappa shape index (κ1) is 20.6. The van der Waals surface area contributed by atoms with Crippen molar-refractivity contribution in [1.82, 2.24) is 4.90 Å². The number of benzene rings is 2. The van der Waals surface area contributed by atoms with Crippen molar-refractivity contribution in [1.29, 1.82) is 0 Å². The van der Waals surface area contributed by atoms with Gasteiger partial charge in [0.1, 0.15) is 0 Å².